The lowest BCUT2D eigenvalue weighted by Gasteiger charge is -2.27. The Labute approximate surface area is 176 Å². The predicted molar refractivity (Wildman–Crippen MR) is 120 cm³/mol. The van der Waals surface area contributed by atoms with E-state index in [0.29, 0.717) is 5.75 Å². The summed E-state index contributed by atoms with van der Waals surface area (Å²) in [5.41, 5.74) is 6.09. The normalized spacial score (nSPS) is 16.0. The molecule has 3 nitrogen and oxygen atoms in total. The summed E-state index contributed by atoms with van der Waals surface area (Å²) < 4.78 is 1.15. The maximum Gasteiger partial charge on any atom is 0.128 e. The van der Waals surface area contributed by atoms with Gasteiger partial charge >= 0.3 is 0 Å². The molecule has 4 aliphatic rings. The molecule has 6 rings (SSSR count). The van der Waals surface area contributed by atoms with Crippen LogP contribution in [-0.4, -0.2) is 28.6 Å². The van der Waals surface area contributed by atoms with Gasteiger partial charge in [-0.1, -0.05) is 61.0 Å². The molecule has 0 spiro atoms. The van der Waals surface area contributed by atoms with E-state index in [-0.39, 0.29) is 18.1 Å². The average molecular weight is 444 g/mol. The monoisotopic (exact) mass is 443 g/mol. The van der Waals surface area contributed by atoms with Gasteiger partial charge in [-0.2, -0.15) is 0 Å². The first kappa shape index (κ1) is 21.1. The molecular weight excluding hydrogens is 414 g/mol. The minimum absolute atomic E-state index is 0.00348. The van der Waals surface area contributed by atoms with Crippen molar-refractivity contribution in [3.8, 4) is 5.75 Å². The zero-order chi connectivity index (χ0) is 20.5. The standard InChI is InChI=1S/C24H30BrNO2/c1-15(26-21(14-27)24(2,3)4)22-18-8-6-16-5-7-17(20(25)13-16)9-11-19(12-10-18)23(22)28/h5,7,10,12-13,21,27-28H,6,8-9,11,14H2,1-4H3/t21-/m1/s1. The van der Waals surface area contributed by atoms with Gasteiger partial charge in [-0.3, -0.25) is 4.99 Å². The van der Waals surface area contributed by atoms with Crippen LogP contribution in [0.4, 0.5) is 0 Å². The highest BCUT2D eigenvalue weighted by molar-refractivity contribution is 9.10. The molecule has 0 aromatic heterocycles. The van der Waals surface area contributed by atoms with Crippen molar-refractivity contribution in [2.45, 2.75) is 59.4 Å². The summed E-state index contributed by atoms with van der Waals surface area (Å²) in [7, 11) is 0. The molecule has 4 heteroatoms. The number of phenolic OH excluding ortho intramolecular Hbond substituents is 1. The average Bonchev–Trinajstić information content (AvgIpc) is 2.61. The van der Waals surface area contributed by atoms with Gasteiger partial charge in [0.2, 0.25) is 0 Å². The number of phenols is 1. The second-order valence-electron chi connectivity index (χ2n) is 8.81. The van der Waals surface area contributed by atoms with Crippen LogP contribution in [0.5, 0.6) is 5.75 Å². The SMILES string of the molecule is CC(=N[C@H](CO)C(C)(C)C)c1c2ccc(c1O)CCc1ccc(cc1Br)CC2. The number of aliphatic imine (C=N–C) groups is 1. The minimum Gasteiger partial charge on any atom is -0.507 e. The molecule has 0 saturated carbocycles. The molecular formula is C24H30BrNO2. The number of aliphatic hydroxyl groups is 1. The van der Waals surface area contributed by atoms with E-state index in [2.05, 4.69) is 67.0 Å². The number of benzene rings is 2. The van der Waals surface area contributed by atoms with Crippen molar-refractivity contribution in [1.82, 2.24) is 0 Å². The zero-order valence-corrected chi connectivity index (χ0v) is 18.8. The maximum absolute atomic E-state index is 11.1. The van der Waals surface area contributed by atoms with Crippen LogP contribution in [0.15, 0.2) is 39.8 Å². The molecule has 0 radical (unpaired) electrons. The van der Waals surface area contributed by atoms with Crippen molar-refractivity contribution in [2.24, 2.45) is 10.4 Å². The van der Waals surface area contributed by atoms with Crippen LogP contribution in [0.1, 0.15) is 55.5 Å². The van der Waals surface area contributed by atoms with Crippen molar-refractivity contribution < 1.29 is 10.2 Å². The summed E-state index contributed by atoms with van der Waals surface area (Å²) in [4.78, 5) is 4.82. The third-order valence-electron chi connectivity index (χ3n) is 5.70. The summed E-state index contributed by atoms with van der Waals surface area (Å²) in [5, 5.41) is 20.9. The Bertz CT molecular complexity index is 896. The number of aliphatic hydroxyl groups excluding tert-OH is 1. The second kappa shape index (κ2) is 8.38. The quantitative estimate of drug-likeness (QED) is 0.635. The second-order valence-corrected chi connectivity index (χ2v) is 9.67. The van der Waals surface area contributed by atoms with Crippen LogP contribution in [0.3, 0.4) is 0 Å². The van der Waals surface area contributed by atoms with Crippen molar-refractivity contribution in [1.29, 1.82) is 0 Å². The van der Waals surface area contributed by atoms with Gasteiger partial charge in [-0.05, 0) is 66.3 Å². The fourth-order valence-electron chi connectivity index (χ4n) is 3.79. The fourth-order valence-corrected chi connectivity index (χ4v) is 4.42. The Kier molecular flexibility index (Phi) is 6.31. The Morgan fingerprint density at radius 1 is 1.04 bits per heavy atom. The van der Waals surface area contributed by atoms with Gasteiger partial charge in [-0.15, -0.1) is 0 Å². The van der Waals surface area contributed by atoms with Gasteiger partial charge in [0.15, 0.2) is 0 Å². The summed E-state index contributed by atoms with van der Waals surface area (Å²) in [5.74, 6) is 0.343. The van der Waals surface area contributed by atoms with Gasteiger partial charge in [-0.25, -0.2) is 0 Å². The Morgan fingerprint density at radius 3 is 2.29 bits per heavy atom. The van der Waals surface area contributed by atoms with Crippen LogP contribution in [0.25, 0.3) is 0 Å². The highest BCUT2D eigenvalue weighted by atomic mass is 79.9. The molecule has 4 aliphatic carbocycles. The van der Waals surface area contributed by atoms with E-state index in [4.69, 9.17) is 4.99 Å². The molecule has 0 saturated heterocycles. The number of hydrogen-bond acceptors (Lipinski definition) is 3. The van der Waals surface area contributed by atoms with Crippen LogP contribution >= 0.6 is 15.9 Å². The Balaban J connectivity index is 2.06. The molecule has 1 atom stereocenters. The van der Waals surface area contributed by atoms with Crippen molar-refractivity contribution in [3.05, 3.63) is 62.6 Å². The first-order valence-corrected chi connectivity index (χ1v) is 10.8. The summed E-state index contributed by atoms with van der Waals surface area (Å²) in [6, 6.07) is 10.6. The molecule has 0 unspecified atom stereocenters. The largest absolute Gasteiger partial charge is 0.507 e. The van der Waals surface area contributed by atoms with Gasteiger partial charge in [0.1, 0.15) is 5.75 Å². The van der Waals surface area contributed by atoms with Crippen LogP contribution in [-0.2, 0) is 25.7 Å². The molecule has 2 aromatic rings. The van der Waals surface area contributed by atoms with E-state index in [1.54, 1.807) is 0 Å². The van der Waals surface area contributed by atoms with E-state index in [0.717, 1.165) is 52.6 Å². The van der Waals surface area contributed by atoms with Gasteiger partial charge < -0.3 is 10.2 Å². The molecule has 4 bridgehead atoms. The number of nitrogens with zero attached hydrogens (tertiary/aromatic N) is 1. The van der Waals surface area contributed by atoms with E-state index in [9.17, 15) is 10.2 Å². The molecule has 0 amide bonds. The molecule has 2 N–H and O–H groups in total. The predicted octanol–water partition coefficient (Wildman–Crippen LogP) is 5.25. The maximum atomic E-state index is 11.1. The summed E-state index contributed by atoms with van der Waals surface area (Å²) in [6.07, 6.45) is 3.37. The smallest absolute Gasteiger partial charge is 0.128 e. The number of aromatic hydroxyl groups is 1. The Morgan fingerprint density at radius 2 is 1.64 bits per heavy atom. The first-order chi connectivity index (χ1) is 13.2. The molecule has 0 fully saturated rings. The van der Waals surface area contributed by atoms with Crippen molar-refractivity contribution in [3.63, 3.8) is 0 Å². The lowest BCUT2D eigenvalue weighted by atomic mass is 9.87. The highest BCUT2D eigenvalue weighted by Gasteiger charge is 2.25. The first-order valence-electron chi connectivity index (χ1n) is 9.97. The van der Waals surface area contributed by atoms with Gasteiger partial charge in [0, 0.05) is 15.7 Å². The number of halogens is 1. The minimum atomic E-state index is -0.204. The van der Waals surface area contributed by atoms with Gasteiger partial charge in [0.25, 0.3) is 0 Å². The zero-order valence-electron chi connectivity index (χ0n) is 17.2. The highest BCUT2D eigenvalue weighted by Crippen LogP contribution is 2.32. The summed E-state index contributed by atoms with van der Waals surface area (Å²) >= 11 is 3.69. The Hall–Kier alpha value is -1.65. The molecule has 2 aromatic carbocycles. The van der Waals surface area contributed by atoms with Gasteiger partial charge in [0.05, 0.1) is 12.6 Å². The topological polar surface area (TPSA) is 52.8 Å². The lowest BCUT2D eigenvalue weighted by molar-refractivity contribution is 0.190. The van der Waals surface area contributed by atoms with Crippen molar-refractivity contribution >= 4 is 21.6 Å². The third-order valence-corrected chi connectivity index (χ3v) is 6.43. The van der Waals surface area contributed by atoms with E-state index < -0.39 is 0 Å². The molecule has 0 heterocycles. The number of rotatable bonds is 3. The molecule has 28 heavy (non-hydrogen) atoms. The van der Waals surface area contributed by atoms with Crippen LogP contribution < -0.4 is 0 Å². The third kappa shape index (κ3) is 4.49. The number of aryl methyl sites for hydroxylation is 4. The van der Waals surface area contributed by atoms with Crippen LogP contribution in [0.2, 0.25) is 0 Å². The van der Waals surface area contributed by atoms with Crippen LogP contribution in [0, 0.1) is 5.41 Å². The molecule has 0 aliphatic heterocycles. The summed E-state index contributed by atoms with van der Waals surface area (Å²) in [6.45, 7) is 8.18. The fraction of sp³-hybridized carbons (Fsp3) is 0.458. The van der Waals surface area contributed by atoms with E-state index in [1.165, 1.54) is 11.1 Å². The van der Waals surface area contributed by atoms with E-state index >= 15 is 0 Å². The molecule has 150 valence electrons. The number of hydrogen-bond donors (Lipinski definition) is 2. The lowest BCUT2D eigenvalue weighted by Crippen LogP contribution is -2.29. The van der Waals surface area contributed by atoms with Crippen molar-refractivity contribution in [2.75, 3.05) is 6.61 Å². The van der Waals surface area contributed by atoms with E-state index in [1.807, 2.05) is 6.92 Å².